The first-order valence-electron chi connectivity index (χ1n) is 5.49. The van der Waals surface area contributed by atoms with Crippen LogP contribution in [0.15, 0.2) is 45.3 Å². The van der Waals surface area contributed by atoms with Crippen LogP contribution in [0.5, 0.6) is 0 Å². The van der Waals surface area contributed by atoms with Crippen LogP contribution >= 0.6 is 43.5 Å². The summed E-state index contributed by atoms with van der Waals surface area (Å²) in [5, 5.41) is 3.39. The highest BCUT2D eigenvalue weighted by Gasteiger charge is 2.09. The summed E-state index contributed by atoms with van der Waals surface area (Å²) in [7, 11) is 0. The average Bonchev–Trinajstić information content (AvgIpc) is 2.32. The summed E-state index contributed by atoms with van der Waals surface area (Å²) in [4.78, 5) is 12.2. The van der Waals surface area contributed by atoms with Crippen LogP contribution in [-0.2, 0) is 0 Å². The Bertz CT molecular complexity index is 623. The standard InChI is InChI=1S/C14H10Br2ClNO/c1-8-2-3-10(15)7-13(8)18-14(19)9-4-11(16)6-12(17)5-9/h2-7H,1H3,(H,18,19). The van der Waals surface area contributed by atoms with E-state index in [4.69, 9.17) is 11.6 Å². The van der Waals surface area contributed by atoms with E-state index in [1.165, 1.54) is 0 Å². The number of aryl methyl sites for hydroxylation is 1. The molecule has 0 radical (unpaired) electrons. The quantitative estimate of drug-likeness (QED) is 0.712. The van der Waals surface area contributed by atoms with Crippen LogP contribution in [0, 0.1) is 6.92 Å². The molecule has 0 aromatic heterocycles. The molecule has 1 amide bonds. The number of carbonyl (C=O) groups is 1. The minimum absolute atomic E-state index is 0.190. The van der Waals surface area contributed by atoms with Gasteiger partial charge < -0.3 is 5.32 Å². The maximum atomic E-state index is 12.2. The maximum Gasteiger partial charge on any atom is 0.255 e. The highest BCUT2D eigenvalue weighted by molar-refractivity contribution is 9.10. The van der Waals surface area contributed by atoms with Crippen molar-refractivity contribution in [3.8, 4) is 0 Å². The number of benzene rings is 2. The number of nitrogens with one attached hydrogen (secondary N) is 1. The van der Waals surface area contributed by atoms with E-state index in [2.05, 4.69) is 37.2 Å². The number of hydrogen-bond donors (Lipinski definition) is 1. The van der Waals surface area contributed by atoms with E-state index in [9.17, 15) is 4.79 Å². The van der Waals surface area contributed by atoms with E-state index in [1.807, 2.05) is 25.1 Å². The highest BCUT2D eigenvalue weighted by Crippen LogP contribution is 2.23. The van der Waals surface area contributed by atoms with Crippen molar-refractivity contribution in [3.05, 3.63) is 61.5 Å². The predicted molar refractivity (Wildman–Crippen MR) is 86.0 cm³/mol. The fraction of sp³-hybridized carbons (Fsp3) is 0.0714. The predicted octanol–water partition coefficient (Wildman–Crippen LogP) is 5.43. The Balaban J connectivity index is 2.28. The molecule has 2 nitrogen and oxygen atoms in total. The fourth-order valence-corrected chi connectivity index (χ4v) is 2.83. The smallest absolute Gasteiger partial charge is 0.255 e. The second-order valence-corrected chi connectivity index (χ2v) is 6.34. The van der Waals surface area contributed by atoms with Crippen molar-refractivity contribution in [1.82, 2.24) is 0 Å². The third-order valence-corrected chi connectivity index (χ3v) is 3.74. The Labute approximate surface area is 133 Å². The summed E-state index contributed by atoms with van der Waals surface area (Å²) in [6.07, 6.45) is 0. The van der Waals surface area contributed by atoms with Gasteiger partial charge in [0.15, 0.2) is 0 Å². The minimum Gasteiger partial charge on any atom is -0.322 e. The summed E-state index contributed by atoms with van der Waals surface area (Å²) in [5.41, 5.74) is 2.28. The molecule has 2 aromatic carbocycles. The molecule has 19 heavy (non-hydrogen) atoms. The Morgan fingerprint density at radius 1 is 1.11 bits per heavy atom. The fourth-order valence-electron chi connectivity index (χ4n) is 1.61. The molecule has 0 saturated heterocycles. The lowest BCUT2D eigenvalue weighted by Crippen LogP contribution is -2.12. The van der Waals surface area contributed by atoms with Gasteiger partial charge in [0.1, 0.15) is 0 Å². The Morgan fingerprint density at radius 2 is 1.84 bits per heavy atom. The molecule has 0 saturated carbocycles. The van der Waals surface area contributed by atoms with Crippen LogP contribution in [0.2, 0.25) is 5.02 Å². The molecule has 0 aliphatic carbocycles. The number of rotatable bonds is 2. The first-order valence-corrected chi connectivity index (χ1v) is 7.46. The van der Waals surface area contributed by atoms with Gasteiger partial charge in [0.05, 0.1) is 0 Å². The molecule has 0 unspecified atom stereocenters. The summed E-state index contributed by atoms with van der Waals surface area (Å²) in [5.74, 6) is -0.190. The van der Waals surface area contributed by atoms with Crippen LogP contribution in [-0.4, -0.2) is 5.91 Å². The lowest BCUT2D eigenvalue weighted by molar-refractivity contribution is 0.102. The largest absolute Gasteiger partial charge is 0.322 e. The molecule has 2 aromatic rings. The molecule has 0 heterocycles. The Kier molecular flexibility index (Phi) is 4.66. The van der Waals surface area contributed by atoms with Gasteiger partial charge in [0.25, 0.3) is 5.91 Å². The first kappa shape index (κ1) is 14.6. The van der Waals surface area contributed by atoms with Gasteiger partial charge in [-0.3, -0.25) is 4.79 Å². The highest BCUT2D eigenvalue weighted by atomic mass is 79.9. The van der Waals surface area contributed by atoms with Crippen molar-refractivity contribution in [2.75, 3.05) is 5.32 Å². The van der Waals surface area contributed by atoms with Crippen molar-refractivity contribution < 1.29 is 4.79 Å². The van der Waals surface area contributed by atoms with E-state index >= 15 is 0 Å². The van der Waals surface area contributed by atoms with Crippen LogP contribution in [0.4, 0.5) is 5.69 Å². The van der Waals surface area contributed by atoms with Crippen molar-refractivity contribution in [3.63, 3.8) is 0 Å². The number of hydrogen-bond acceptors (Lipinski definition) is 1. The van der Waals surface area contributed by atoms with E-state index < -0.39 is 0 Å². The molecule has 0 bridgehead atoms. The molecule has 0 fully saturated rings. The monoisotopic (exact) mass is 401 g/mol. The van der Waals surface area contributed by atoms with Crippen molar-refractivity contribution >= 4 is 55.1 Å². The van der Waals surface area contributed by atoms with Crippen LogP contribution in [0.25, 0.3) is 0 Å². The van der Waals surface area contributed by atoms with Gasteiger partial charge in [-0.2, -0.15) is 0 Å². The molecule has 2 rings (SSSR count). The lowest BCUT2D eigenvalue weighted by atomic mass is 10.1. The first-order chi connectivity index (χ1) is 8.95. The van der Waals surface area contributed by atoms with Crippen LogP contribution in [0.3, 0.4) is 0 Å². The van der Waals surface area contributed by atoms with Gasteiger partial charge in [-0.25, -0.2) is 0 Å². The summed E-state index contributed by atoms with van der Waals surface area (Å²) in [6, 6.07) is 10.8. The van der Waals surface area contributed by atoms with E-state index in [-0.39, 0.29) is 5.91 Å². The Morgan fingerprint density at radius 3 is 2.53 bits per heavy atom. The lowest BCUT2D eigenvalue weighted by Gasteiger charge is -2.09. The normalized spacial score (nSPS) is 10.3. The number of amides is 1. The number of carbonyl (C=O) groups excluding carboxylic acids is 1. The zero-order valence-corrected chi connectivity index (χ0v) is 13.9. The van der Waals surface area contributed by atoms with Gasteiger partial charge in [0.2, 0.25) is 0 Å². The molecule has 1 N–H and O–H groups in total. The van der Waals surface area contributed by atoms with Gasteiger partial charge in [-0.1, -0.05) is 49.5 Å². The maximum absolute atomic E-state index is 12.2. The molecule has 0 aliphatic rings. The number of halogens is 3. The van der Waals surface area contributed by atoms with Crippen LogP contribution in [0.1, 0.15) is 15.9 Å². The third kappa shape index (κ3) is 3.81. The van der Waals surface area contributed by atoms with Crippen molar-refractivity contribution in [2.24, 2.45) is 0 Å². The van der Waals surface area contributed by atoms with Crippen molar-refractivity contribution in [2.45, 2.75) is 6.92 Å². The minimum atomic E-state index is -0.190. The second-order valence-electron chi connectivity index (χ2n) is 4.07. The molecule has 0 atom stereocenters. The molecule has 98 valence electrons. The topological polar surface area (TPSA) is 29.1 Å². The zero-order chi connectivity index (χ0) is 14.0. The molecule has 0 spiro atoms. The molecule has 5 heteroatoms. The van der Waals surface area contributed by atoms with Gasteiger partial charge >= 0.3 is 0 Å². The summed E-state index contributed by atoms with van der Waals surface area (Å²) in [6.45, 7) is 1.94. The van der Waals surface area contributed by atoms with Gasteiger partial charge in [0, 0.05) is 25.2 Å². The molecular weight excluding hydrogens is 393 g/mol. The van der Waals surface area contributed by atoms with Gasteiger partial charge in [-0.15, -0.1) is 0 Å². The van der Waals surface area contributed by atoms with E-state index in [0.29, 0.717) is 10.6 Å². The Hall–Kier alpha value is -0.840. The van der Waals surface area contributed by atoms with Gasteiger partial charge in [-0.05, 0) is 42.8 Å². The van der Waals surface area contributed by atoms with E-state index in [0.717, 1.165) is 20.2 Å². The number of anilines is 1. The third-order valence-electron chi connectivity index (χ3n) is 2.57. The summed E-state index contributed by atoms with van der Waals surface area (Å²) >= 11 is 12.6. The second kappa shape index (κ2) is 6.07. The van der Waals surface area contributed by atoms with Crippen molar-refractivity contribution in [1.29, 1.82) is 0 Å². The molecule has 0 aliphatic heterocycles. The summed E-state index contributed by atoms with van der Waals surface area (Å²) < 4.78 is 1.69. The zero-order valence-electron chi connectivity index (χ0n) is 10.0. The van der Waals surface area contributed by atoms with Crippen LogP contribution < -0.4 is 5.32 Å². The van der Waals surface area contributed by atoms with E-state index in [1.54, 1.807) is 18.2 Å². The molecular formula is C14H10Br2ClNO. The average molecular weight is 404 g/mol. The SMILES string of the molecule is Cc1ccc(Br)cc1NC(=O)c1cc(Cl)cc(Br)c1.